The van der Waals surface area contributed by atoms with Crippen LogP contribution >= 0.6 is 11.3 Å². The fourth-order valence-electron chi connectivity index (χ4n) is 9.34. The zero-order valence-electron chi connectivity index (χ0n) is 33.2. The number of para-hydroxylation sites is 2. The zero-order chi connectivity index (χ0) is 40.3. The Labute approximate surface area is 358 Å². The molecule has 3 heteroatoms. The van der Waals surface area contributed by atoms with Gasteiger partial charge in [0.15, 0.2) is 0 Å². The van der Waals surface area contributed by atoms with Crippen molar-refractivity contribution in [3.63, 3.8) is 0 Å². The molecule has 0 saturated heterocycles. The third-order valence-corrected chi connectivity index (χ3v) is 13.4. The Morgan fingerprint density at radius 3 is 1.75 bits per heavy atom. The molecule has 2 heterocycles. The van der Waals surface area contributed by atoms with E-state index in [0.29, 0.717) is 0 Å². The standard InChI is InChI=1S/C58H38N2S/c1-3-16-39(17-4-1)40-30-32-44(33-31-40)59(53-27-12-10-23-47(53)50-25-15-26-51-49-24-11-14-29-57(49)61-58(50)51)45-34-35-48-46-22-9-13-28-54(46)60(56(48)38-45)55-37-43-21-8-7-20-42(43)36-52(55)41-18-5-2-6-19-41/h1-38H. The van der Waals surface area contributed by atoms with Crippen molar-refractivity contribution in [1.29, 1.82) is 0 Å². The van der Waals surface area contributed by atoms with Crippen LogP contribution in [0.5, 0.6) is 0 Å². The quantitative estimate of drug-likeness (QED) is 0.156. The summed E-state index contributed by atoms with van der Waals surface area (Å²) in [4.78, 5) is 2.45. The van der Waals surface area contributed by atoms with E-state index in [-0.39, 0.29) is 0 Å². The molecule has 0 atom stereocenters. The van der Waals surface area contributed by atoms with Gasteiger partial charge in [-0.1, -0.05) is 176 Å². The molecule has 0 fully saturated rings. The first kappa shape index (κ1) is 35.2. The molecule has 0 spiro atoms. The Bertz CT molecular complexity index is 3580. The van der Waals surface area contributed by atoms with E-state index in [1.54, 1.807) is 0 Å². The Morgan fingerprint density at radius 2 is 0.934 bits per heavy atom. The summed E-state index contributed by atoms with van der Waals surface area (Å²) < 4.78 is 5.09. The molecule has 12 aromatic rings. The van der Waals surface area contributed by atoms with E-state index in [2.05, 4.69) is 240 Å². The molecule has 0 aliphatic heterocycles. The topological polar surface area (TPSA) is 8.17 Å². The van der Waals surface area contributed by atoms with E-state index < -0.39 is 0 Å². The van der Waals surface area contributed by atoms with Crippen LogP contribution < -0.4 is 4.90 Å². The number of anilines is 3. The molecule has 0 bridgehead atoms. The lowest BCUT2D eigenvalue weighted by Crippen LogP contribution is -2.11. The molecule has 0 aliphatic carbocycles. The third kappa shape index (κ3) is 5.93. The third-order valence-electron chi connectivity index (χ3n) is 12.2. The van der Waals surface area contributed by atoms with Crippen LogP contribution in [0.15, 0.2) is 231 Å². The molecule has 10 aromatic carbocycles. The first-order valence-corrected chi connectivity index (χ1v) is 21.7. The van der Waals surface area contributed by atoms with Gasteiger partial charge in [-0.2, -0.15) is 0 Å². The summed E-state index contributed by atoms with van der Waals surface area (Å²) in [6, 6.07) is 84.3. The number of hydrogen-bond acceptors (Lipinski definition) is 2. The summed E-state index contributed by atoms with van der Waals surface area (Å²) in [6.45, 7) is 0. The second kappa shape index (κ2) is 14.5. The maximum Gasteiger partial charge on any atom is 0.0562 e. The van der Waals surface area contributed by atoms with Gasteiger partial charge >= 0.3 is 0 Å². The highest BCUT2D eigenvalue weighted by Crippen LogP contribution is 2.47. The molecule has 12 rings (SSSR count). The summed E-state index contributed by atoms with van der Waals surface area (Å²) in [7, 11) is 0. The molecule has 0 saturated carbocycles. The van der Waals surface area contributed by atoms with Crippen molar-refractivity contribution in [2.75, 3.05) is 4.90 Å². The van der Waals surface area contributed by atoms with Gasteiger partial charge < -0.3 is 9.47 Å². The van der Waals surface area contributed by atoms with Crippen LogP contribution in [-0.4, -0.2) is 4.57 Å². The normalized spacial score (nSPS) is 11.6. The predicted molar refractivity (Wildman–Crippen MR) is 262 cm³/mol. The van der Waals surface area contributed by atoms with Crippen LogP contribution in [0.2, 0.25) is 0 Å². The van der Waals surface area contributed by atoms with Gasteiger partial charge in [0.2, 0.25) is 0 Å². The number of hydrogen-bond donors (Lipinski definition) is 0. The Kier molecular flexibility index (Phi) is 8.39. The largest absolute Gasteiger partial charge is 0.310 e. The average molecular weight is 795 g/mol. The van der Waals surface area contributed by atoms with Gasteiger partial charge in [-0.25, -0.2) is 0 Å². The highest BCUT2D eigenvalue weighted by atomic mass is 32.1. The van der Waals surface area contributed by atoms with E-state index >= 15 is 0 Å². The molecule has 0 amide bonds. The first-order valence-electron chi connectivity index (χ1n) is 20.8. The Balaban J connectivity index is 1.13. The molecule has 2 nitrogen and oxygen atoms in total. The lowest BCUT2D eigenvalue weighted by molar-refractivity contribution is 1.18. The maximum atomic E-state index is 2.49. The highest BCUT2D eigenvalue weighted by Gasteiger charge is 2.23. The van der Waals surface area contributed by atoms with Crippen LogP contribution in [0.25, 0.3) is 91.8 Å². The van der Waals surface area contributed by atoms with Crippen molar-refractivity contribution in [2.24, 2.45) is 0 Å². The monoisotopic (exact) mass is 794 g/mol. The van der Waals surface area contributed by atoms with Crippen molar-refractivity contribution in [1.82, 2.24) is 4.57 Å². The molecule has 0 unspecified atom stereocenters. The second-order valence-corrected chi connectivity index (χ2v) is 16.7. The predicted octanol–water partition coefficient (Wildman–Crippen LogP) is 16.8. The number of nitrogens with zero attached hydrogens (tertiary/aromatic N) is 2. The summed E-state index contributed by atoms with van der Waals surface area (Å²) >= 11 is 1.88. The number of benzene rings is 10. The van der Waals surface area contributed by atoms with Crippen LogP contribution in [-0.2, 0) is 0 Å². The smallest absolute Gasteiger partial charge is 0.0562 e. The Hall–Kier alpha value is -7.72. The van der Waals surface area contributed by atoms with E-state index in [1.165, 1.54) is 80.6 Å². The minimum atomic E-state index is 1.09. The van der Waals surface area contributed by atoms with Gasteiger partial charge in [-0.15, -0.1) is 11.3 Å². The molecule has 286 valence electrons. The maximum absolute atomic E-state index is 2.49. The van der Waals surface area contributed by atoms with Gasteiger partial charge in [0.1, 0.15) is 0 Å². The summed E-state index contributed by atoms with van der Waals surface area (Å²) in [6.07, 6.45) is 0. The molecular formula is C58H38N2S. The van der Waals surface area contributed by atoms with Gasteiger partial charge in [0, 0.05) is 59.0 Å². The molecule has 0 radical (unpaired) electrons. The zero-order valence-corrected chi connectivity index (χ0v) is 34.1. The van der Waals surface area contributed by atoms with Crippen molar-refractivity contribution < 1.29 is 0 Å². The number of rotatable bonds is 7. The summed E-state index contributed by atoms with van der Waals surface area (Å²) in [5.74, 6) is 0. The van der Waals surface area contributed by atoms with Crippen molar-refractivity contribution in [3.8, 4) is 39.1 Å². The molecular weight excluding hydrogens is 757 g/mol. The average Bonchev–Trinajstić information content (AvgIpc) is 3.88. The molecule has 61 heavy (non-hydrogen) atoms. The molecule has 0 aliphatic rings. The van der Waals surface area contributed by atoms with E-state index in [0.717, 1.165) is 28.3 Å². The SMILES string of the molecule is c1ccc(-c2ccc(N(c3ccc4c5ccccc5n(-c5cc6ccccc6cc5-c5ccccc5)c4c3)c3ccccc3-c3cccc4c3sc3ccccc34)cc2)cc1. The summed E-state index contributed by atoms with van der Waals surface area (Å²) in [5.41, 5.74) is 14.0. The molecule has 0 N–H and O–H groups in total. The minimum Gasteiger partial charge on any atom is -0.310 e. The summed E-state index contributed by atoms with van der Waals surface area (Å²) in [5, 5.41) is 7.48. The van der Waals surface area contributed by atoms with E-state index in [9.17, 15) is 0 Å². The highest BCUT2D eigenvalue weighted by molar-refractivity contribution is 7.26. The van der Waals surface area contributed by atoms with Gasteiger partial charge in [0.05, 0.1) is 22.4 Å². The van der Waals surface area contributed by atoms with E-state index in [4.69, 9.17) is 0 Å². The lowest BCUT2D eigenvalue weighted by atomic mass is 9.98. The second-order valence-electron chi connectivity index (χ2n) is 15.7. The van der Waals surface area contributed by atoms with Crippen LogP contribution in [0, 0.1) is 0 Å². The van der Waals surface area contributed by atoms with Crippen molar-refractivity contribution in [3.05, 3.63) is 231 Å². The van der Waals surface area contributed by atoms with Crippen molar-refractivity contribution >= 4 is 81.1 Å². The van der Waals surface area contributed by atoms with Gasteiger partial charge in [0.25, 0.3) is 0 Å². The fourth-order valence-corrected chi connectivity index (χ4v) is 10.6. The Morgan fingerprint density at radius 1 is 0.344 bits per heavy atom. The van der Waals surface area contributed by atoms with Gasteiger partial charge in [-0.3, -0.25) is 0 Å². The fraction of sp³-hybridized carbons (Fsp3) is 0. The minimum absolute atomic E-state index is 1.09. The van der Waals surface area contributed by atoms with E-state index in [1.807, 2.05) is 11.3 Å². The van der Waals surface area contributed by atoms with Crippen LogP contribution in [0.4, 0.5) is 17.1 Å². The lowest BCUT2D eigenvalue weighted by Gasteiger charge is -2.28. The van der Waals surface area contributed by atoms with Crippen LogP contribution in [0.3, 0.4) is 0 Å². The number of thiophene rings is 1. The number of aromatic nitrogens is 1. The van der Waals surface area contributed by atoms with Crippen molar-refractivity contribution in [2.45, 2.75) is 0 Å². The number of fused-ring (bicyclic) bond motifs is 7. The van der Waals surface area contributed by atoms with Crippen LogP contribution in [0.1, 0.15) is 0 Å². The first-order chi connectivity index (χ1) is 30.3. The molecule has 2 aromatic heterocycles. The van der Waals surface area contributed by atoms with Gasteiger partial charge in [-0.05, 0) is 82.1 Å².